The molecule has 0 aliphatic carbocycles. The van der Waals surface area contributed by atoms with E-state index in [2.05, 4.69) is 9.62 Å². The van der Waals surface area contributed by atoms with Crippen LogP contribution in [0.1, 0.15) is 30.6 Å². The summed E-state index contributed by atoms with van der Waals surface area (Å²) in [6, 6.07) is 3.63. The van der Waals surface area contributed by atoms with Gasteiger partial charge < -0.3 is 5.11 Å². The molecule has 2 fully saturated rings. The van der Waals surface area contributed by atoms with E-state index >= 15 is 0 Å². The number of hydrogen-bond acceptors (Lipinski definition) is 5. The average molecular weight is 316 g/mol. The highest BCUT2D eigenvalue weighted by atomic mass is 32.2. The van der Waals surface area contributed by atoms with Gasteiger partial charge in [-0.15, -0.1) is 11.3 Å². The van der Waals surface area contributed by atoms with E-state index in [1.54, 1.807) is 12.1 Å². The van der Waals surface area contributed by atoms with Crippen molar-refractivity contribution in [2.24, 2.45) is 0 Å². The first-order valence-corrected chi connectivity index (χ1v) is 9.36. The van der Waals surface area contributed by atoms with Crippen molar-refractivity contribution in [1.82, 2.24) is 9.62 Å². The summed E-state index contributed by atoms with van der Waals surface area (Å²) in [7, 11) is -3.45. The highest BCUT2D eigenvalue weighted by molar-refractivity contribution is 7.91. The maximum Gasteiger partial charge on any atom is 0.250 e. The molecule has 1 aromatic rings. The second kappa shape index (κ2) is 5.73. The Bertz CT molecular complexity index is 570. The third-order valence-electron chi connectivity index (χ3n) is 4.22. The molecule has 2 aliphatic rings. The van der Waals surface area contributed by atoms with E-state index < -0.39 is 10.0 Å². The first kappa shape index (κ1) is 14.5. The number of nitrogens with zero attached hydrogens (tertiary/aromatic N) is 1. The van der Waals surface area contributed by atoms with E-state index in [0.29, 0.717) is 15.1 Å². The number of fused-ring (bicyclic) bond motifs is 1. The highest BCUT2D eigenvalue weighted by Gasteiger charge is 2.37. The smallest absolute Gasteiger partial charge is 0.250 e. The van der Waals surface area contributed by atoms with Crippen molar-refractivity contribution < 1.29 is 13.5 Å². The van der Waals surface area contributed by atoms with Gasteiger partial charge in [0.05, 0.1) is 6.61 Å². The summed E-state index contributed by atoms with van der Waals surface area (Å²) in [6.07, 6.45) is 4.38. The molecular formula is C13H20N2O3S2. The molecule has 0 aromatic carbocycles. The molecule has 2 atom stereocenters. The molecule has 0 radical (unpaired) electrons. The molecular weight excluding hydrogens is 296 g/mol. The Kier molecular flexibility index (Phi) is 4.14. The molecule has 20 heavy (non-hydrogen) atoms. The summed E-state index contributed by atoms with van der Waals surface area (Å²) in [5.41, 5.74) is 0. The van der Waals surface area contributed by atoms with Gasteiger partial charge in [0.15, 0.2) is 0 Å². The van der Waals surface area contributed by atoms with E-state index in [4.69, 9.17) is 5.11 Å². The Morgan fingerprint density at radius 2 is 2.15 bits per heavy atom. The normalized spacial score (nSPS) is 27.6. The van der Waals surface area contributed by atoms with Gasteiger partial charge in [-0.25, -0.2) is 13.1 Å². The molecule has 0 saturated carbocycles. The molecule has 5 nitrogen and oxygen atoms in total. The zero-order valence-electron chi connectivity index (χ0n) is 11.3. The van der Waals surface area contributed by atoms with Crippen molar-refractivity contribution in [2.75, 3.05) is 13.1 Å². The summed E-state index contributed by atoms with van der Waals surface area (Å²) in [5.74, 6) is 0. The summed E-state index contributed by atoms with van der Waals surface area (Å²) < 4.78 is 28.0. The Balaban J connectivity index is 1.73. The van der Waals surface area contributed by atoms with Crippen molar-refractivity contribution in [3.8, 4) is 0 Å². The van der Waals surface area contributed by atoms with Crippen molar-refractivity contribution in [2.45, 2.75) is 48.6 Å². The van der Waals surface area contributed by atoms with Gasteiger partial charge in [-0.05, 0) is 37.9 Å². The standard InChI is InChI=1S/C13H20N2O3S2/c16-9-10-4-5-13(19-10)20(17,18)14-11-6-8-15-7-2-1-3-12(11)15/h4-5,11-12,14,16H,1-3,6-9H2. The second-order valence-corrected chi connectivity index (χ2v) is 8.60. The number of sulfonamides is 1. The molecule has 0 bridgehead atoms. The molecule has 2 unspecified atom stereocenters. The van der Waals surface area contributed by atoms with Crippen LogP contribution in [-0.2, 0) is 16.6 Å². The molecule has 7 heteroatoms. The third-order valence-corrected chi connectivity index (χ3v) is 7.27. The maximum absolute atomic E-state index is 12.4. The minimum atomic E-state index is -3.45. The van der Waals surface area contributed by atoms with Gasteiger partial charge in [0.25, 0.3) is 0 Å². The summed E-state index contributed by atoms with van der Waals surface area (Å²) in [4.78, 5) is 3.08. The number of hydrogen-bond donors (Lipinski definition) is 2. The molecule has 0 amide bonds. The Hall–Kier alpha value is -0.470. The number of rotatable bonds is 4. The fourth-order valence-electron chi connectivity index (χ4n) is 3.23. The fourth-order valence-corrected chi connectivity index (χ4v) is 5.77. The molecule has 3 heterocycles. The van der Waals surface area contributed by atoms with Crippen LogP contribution in [-0.4, -0.2) is 43.6 Å². The second-order valence-electron chi connectivity index (χ2n) is 5.49. The minimum Gasteiger partial charge on any atom is -0.391 e. The van der Waals surface area contributed by atoms with Crippen LogP contribution in [0.2, 0.25) is 0 Å². The third kappa shape index (κ3) is 2.78. The molecule has 1 aromatic heterocycles. The van der Waals surface area contributed by atoms with Crippen LogP contribution in [0.25, 0.3) is 0 Å². The van der Waals surface area contributed by atoms with Crippen molar-refractivity contribution >= 4 is 21.4 Å². The molecule has 112 valence electrons. The Morgan fingerprint density at radius 3 is 2.90 bits per heavy atom. The molecule has 3 rings (SSSR count). The van der Waals surface area contributed by atoms with Crippen LogP contribution in [0.5, 0.6) is 0 Å². The van der Waals surface area contributed by atoms with Crippen LogP contribution < -0.4 is 4.72 Å². The average Bonchev–Trinajstić information content (AvgIpc) is 3.06. The molecule has 2 N–H and O–H groups in total. The number of aliphatic hydroxyl groups is 1. The lowest BCUT2D eigenvalue weighted by molar-refractivity contribution is 0.186. The van der Waals surface area contributed by atoms with Gasteiger partial charge in [0.2, 0.25) is 10.0 Å². The first-order valence-electron chi connectivity index (χ1n) is 7.06. The van der Waals surface area contributed by atoms with Crippen LogP contribution in [0, 0.1) is 0 Å². The quantitative estimate of drug-likeness (QED) is 0.874. The summed E-state index contributed by atoms with van der Waals surface area (Å²) in [5, 5.41) is 9.04. The fraction of sp³-hybridized carbons (Fsp3) is 0.692. The monoisotopic (exact) mass is 316 g/mol. The molecule has 2 saturated heterocycles. The van der Waals surface area contributed by atoms with Gasteiger partial charge in [-0.2, -0.15) is 0 Å². The van der Waals surface area contributed by atoms with Crippen LogP contribution in [0.3, 0.4) is 0 Å². The van der Waals surface area contributed by atoms with E-state index in [0.717, 1.165) is 37.3 Å². The zero-order valence-corrected chi connectivity index (χ0v) is 12.9. The van der Waals surface area contributed by atoms with E-state index in [1.807, 2.05) is 0 Å². The Morgan fingerprint density at radius 1 is 1.30 bits per heavy atom. The van der Waals surface area contributed by atoms with E-state index in [-0.39, 0.29) is 12.6 Å². The van der Waals surface area contributed by atoms with Gasteiger partial charge >= 0.3 is 0 Å². The number of aliphatic hydroxyl groups excluding tert-OH is 1. The summed E-state index contributed by atoms with van der Waals surface area (Å²) in [6.45, 7) is 1.97. The lowest BCUT2D eigenvalue weighted by atomic mass is 10.00. The number of nitrogens with one attached hydrogen (secondary N) is 1. The number of piperidine rings is 1. The van der Waals surface area contributed by atoms with Crippen molar-refractivity contribution in [3.63, 3.8) is 0 Å². The predicted molar refractivity (Wildman–Crippen MR) is 78.2 cm³/mol. The largest absolute Gasteiger partial charge is 0.391 e. The van der Waals surface area contributed by atoms with Crippen LogP contribution in [0.4, 0.5) is 0 Å². The Labute approximate surface area is 123 Å². The lowest BCUT2D eigenvalue weighted by Crippen LogP contribution is -2.46. The van der Waals surface area contributed by atoms with Gasteiger partial charge in [-0.3, -0.25) is 4.90 Å². The zero-order chi connectivity index (χ0) is 14.2. The molecule has 0 spiro atoms. The van der Waals surface area contributed by atoms with Crippen LogP contribution >= 0.6 is 11.3 Å². The SMILES string of the molecule is O=S(=O)(NC1CCN2CCCCC12)c1ccc(CO)s1. The van der Waals surface area contributed by atoms with Gasteiger partial charge in [0, 0.05) is 23.5 Å². The van der Waals surface area contributed by atoms with Gasteiger partial charge in [0.1, 0.15) is 4.21 Å². The minimum absolute atomic E-state index is 0.0278. The first-order chi connectivity index (χ1) is 9.60. The topological polar surface area (TPSA) is 69.6 Å². The number of thiophene rings is 1. The van der Waals surface area contributed by atoms with Crippen molar-refractivity contribution in [1.29, 1.82) is 0 Å². The van der Waals surface area contributed by atoms with E-state index in [9.17, 15) is 8.42 Å². The van der Waals surface area contributed by atoms with Crippen LogP contribution in [0.15, 0.2) is 16.3 Å². The highest BCUT2D eigenvalue weighted by Crippen LogP contribution is 2.29. The van der Waals surface area contributed by atoms with Crippen molar-refractivity contribution in [3.05, 3.63) is 17.0 Å². The summed E-state index contributed by atoms with van der Waals surface area (Å²) >= 11 is 1.14. The van der Waals surface area contributed by atoms with Gasteiger partial charge in [-0.1, -0.05) is 6.42 Å². The molecule has 2 aliphatic heterocycles. The lowest BCUT2D eigenvalue weighted by Gasteiger charge is -2.32. The predicted octanol–water partition coefficient (Wildman–Crippen LogP) is 1.15. The maximum atomic E-state index is 12.4. The van der Waals surface area contributed by atoms with E-state index in [1.165, 1.54) is 12.8 Å².